The first-order valence-electron chi connectivity index (χ1n) is 9.58. The van der Waals surface area contributed by atoms with Crippen LogP contribution < -0.4 is 10.1 Å². The summed E-state index contributed by atoms with van der Waals surface area (Å²) in [5.41, 5.74) is 3.39. The number of nitrogens with one attached hydrogen (secondary N) is 1. The first kappa shape index (κ1) is 19.1. The third-order valence-electron chi connectivity index (χ3n) is 4.91. The van der Waals surface area contributed by atoms with Gasteiger partial charge in [-0.2, -0.15) is 5.10 Å². The van der Waals surface area contributed by atoms with Crippen molar-refractivity contribution < 1.29 is 18.3 Å². The Hall–Kier alpha value is -3.22. The number of para-hydroxylation sites is 1. The van der Waals surface area contributed by atoms with Crippen LogP contribution in [0.3, 0.4) is 0 Å². The summed E-state index contributed by atoms with van der Waals surface area (Å²) in [7, 11) is 0. The molecule has 1 aromatic heterocycles. The van der Waals surface area contributed by atoms with Crippen LogP contribution in [-0.2, 0) is 12.8 Å². The van der Waals surface area contributed by atoms with Crippen molar-refractivity contribution in [3.05, 3.63) is 77.1 Å². The molecule has 2 aromatic carbocycles. The van der Waals surface area contributed by atoms with Crippen LogP contribution in [0.25, 0.3) is 5.69 Å². The van der Waals surface area contributed by atoms with E-state index in [-0.39, 0.29) is 24.3 Å². The lowest BCUT2D eigenvalue weighted by Gasteiger charge is -2.15. The largest absolute Gasteiger partial charge is 0.488 e. The molecule has 1 aliphatic carbocycles. The van der Waals surface area contributed by atoms with Crippen molar-refractivity contribution in [2.75, 3.05) is 6.61 Å². The Morgan fingerprint density at radius 1 is 1.21 bits per heavy atom. The molecule has 0 aliphatic heterocycles. The summed E-state index contributed by atoms with van der Waals surface area (Å²) in [6.07, 6.45) is 2.69. The molecule has 0 radical (unpaired) electrons. The zero-order valence-corrected chi connectivity index (χ0v) is 16.0. The molecular weight excluding hydrogens is 376 g/mol. The Kier molecular flexibility index (Phi) is 5.29. The fourth-order valence-electron chi connectivity index (χ4n) is 3.54. The molecule has 7 heteroatoms. The molecule has 1 N–H and O–H groups in total. The highest BCUT2D eigenvalue weighted by atomic mass is 19.1. The number of fused-ring (bicyclic) bond motifs is 1. The van der Waals surface area contributed by atoms with E-state index in [0.717, 1.165) is 48.3 Å². The number of ether oxygens (including phenoxy) is 1. The van der Waals surface area contributed by atoms with Crippen LogP contribution >= 0.6 is 0 Å². The summed E-state index contributed by atoms with van der Waals surface area (Å²) >= 11 is 0. The highest BCUT2D eigenvalue weighted by molar-refractivity contribution is 5.94. The van der Waals surface area contributed by atoms with E-state index >= 15 is 0 Å². The molecule has 0 saturated carbocycles. The molecule has 4 rings (SSSR count). The van der Waals surface area contributed by atoms with Crippen molar-refractivity contribution in [2.24, 2.45) is 0 Å². The number of amides is 1. The third-order valence-corrected chi connectivity index (χ3v) is 4.91. The Labute approximate surface area is 167 Å². The normalized spacial score (nSPS) is 13.8. The molecule has 0 bridgehead atoms. The predicted molar refractivity (Wildman–Crippen MR) is 104 cm³/mol. The molecule has 0 saturated heterocycles. The maximum Gasteiger partial charge on any atom is 0.272 e. The lowest BCUT2D eigenvalue weighted by Crippen LogP contribution is -2.37. The fraction of sp³-hybridized carbons (Fsp3) is 0.273. The minimum absolute atomic E-state index is 0.0515. The first-order chi connectivity index (χ1) is 14.0. The van der Waals surface area contributed by atoms with Gasteiger partial charge in [-0.05, 0) is 50.5 Å². The van der Waals surface area contributed by atoms with Gasteiger partial charge in [0.1, 0.15) is 12.4 Å². The third kappa shape index (κ3) is 3.99. The van der Waals surface area contributed by atoms with E-state index in [1.807, 2.05) is 35.0 Å². The van der Waals surface area contributed by atoms with E-state index in [4.69, 9.17) is 4.74 Å². The lowest BCUT2D eigenvalue weighted by atomic mass is 10.2. The predicted octanol–water partition coefficient (Wildman–Crippen LogP) is 3.84. The average Bonchev–Trinajstić information content (AvgIpc) is 3.30. The van der Waals surface area contributed by atoms with E-state index in [9.17, 15) is 13.6 Å². The SMILES string of the molecule is CC(COc1ccc(F)cc1F)NC(=O)c1nn(-c2ccccc2)c2c1CCC2. The standard InChI is InChI=1S/C22H21F2N3O2/c1-14(13-29-20-11-10-15(23)12-18(20)24)25-22(28)21-17-8-5-9-19(17)27(26-21)16-6-3-2-4-7-16/h2-4,6-7,10-12,14H,5,8-9,13H2,1H3,(H,25,28). The summed E-state index contributed by atoms with van der Waals surface area (Å²) in [6.45, 7) is 1.81. The van der Waals surface area contributed by atoms with Crippen LogP contribution in [0, 0.1) is 11.6 Å². The monoisotopic (exact) mass is 397 g/mol. The minimum atomic E-state index is -0.775. The van der Waals surface area contributed by atoms with Crippen molar-refractivity contribution in [3.8, 4) is 11.4 Å². The van der Waals surface area contributed by atoms with Gasteiger partial charge >= 0.3 is 0 Å². The second kappa shape index (κ2) is 8.03. The zero-order chi connectivity index (χ0) is 20.4. The number of hydrogen-bond acceptors (Lipinski definition) is 3. The average molecular weight is 397 g/mol. The molecule has 0 spiro atoms. The van der Waals surface area contributed by atoms with Gasteiger partial charge in [-0.1, -0.05) is 18.2 Å². The molecule has 150 valence electrons. The van der Waals surface area contributed by atoms with Gasteiger partial charge in [0.2, 0.25) is 0 Å². The number of carbonyl (C=O) groups is 1. The smallest absolute Gasteiger partial charge is 0.272 e. The van der Waals surface area contributed by atoms with Gasteiger partial charge in [-0.15, -0.1) is 0 Å². The summed E-state index contributed by atoms with van der Waals surface area (Å²) in [6, 6.07) is 12.5. The highest BCUT2D eigenvalue weighted by Gasteiger charge is 2.27. The summed E-state index contributed by atoms with van der Waals surface area (Å²) in [5, 5.41) is 7.41. The maximum absolute atomic E-state index is 13.7. The fourth-order valence-corrected chi connectivity index (χ4v) is 3.54. The second-order valence-corrected chi connectivity index (χ2v) is 7.14. The zero-order valence-electron chi connectivity index (χ0n) is 16.0. The van der Waals surface area contributed by atoms with Crippen LogP contribution in [0.1, 0.15) is 35.1 Å². The van der Waals surface area contributed by atoms with Gasteiger partial charge in [0.25, 0.3) is 5.91 Å². The first-order valence-corrected chi connectivity index (χ1v) is 9.58. The number of benzene rings is 2. The van der Waals surface area contributed by atoms with Crippen molar-refractivity contribution in [1.82, 2.24) is 15.1 Å². The Balaban J connectivity index is 1.46. The van der Waals surface area contributed by atoms with E-state index in [1.54, 1.807) is 6.92 Å². The molecule has 0 fully saturated rings. The number of carbonyl (C=O) groups excluding carboxylic acids is 1. The summed E-state index contributed by atoms with van der Waals surface area (Å²) < 4.78 is 33.9. The van der Waals surface area contributed by atoms with Gasteiger partial charge in [0.15, 0.2) is 17.3 Å². The van der Waals surface area contributed by atoms with Crippen LogP contribution in [0.4, 0.5) is 8.78 Å². The van der Waals surface area contributed by atoms with Gasteiger partial charge in [0.05, 0.1) is 11.7 Å². The van der Waals surface area contributed by atoms with Gasteiger partial charge in [-0.3, -0.25) is 4.79 Å². The Morgan fingerprint density at radius 2 is 2.00 bits per heavy atom. The quantitative estimate of drug-likeness (QED) is 0.688. The number of aromatic nitrogens is 2. The van der Waals surface area contributed by atoms with E-state index in [0.29, 0.717) is 5.69 Å². The van der Waals surface area contributed by atoms with Crippen molar-refractivity contribution >= 4 is 5.91 Å². The molecule has 5 nitrogen and oxygen atoms in total. The van der Waals surface area contributed by atoms with Crippen molar-refractivity contribution in [2.45, 2.75) is 32.2 Å². The number of rotatable bonds is 6. The van der Waals surface area contributed by atoms with Crippen LogP contribution in [0.15, 0.2) is 48.5 Å². The van der Waals surface area contributed by atoms with E-state index in [2.05, 4.69) is 10.4 Å². The number of hydrogen-bond donors (Lipinski definition) is 1. The summed E-state index contributed by atoms with van der Waals surface area (Å²) in [4.78, 5) is 12.8. The Bertz CT molecular complexity index is 1030. The molecule has 1 amide bonds. The van der Waals surface area contributed by atoms with Crippen LogP contribution in [0.5, 0.6) is 5.75 Å². The molecule has 1 atom stereocenters. The lowest BCUT2D eigenvalue weighted by molar-refractivity contribution is 0.0919. The van der Waals surface area contributed by atoms with E-state index in [1.165, 1.54) is 6.07 Å². The van der Waals surface area contributed by atoms with Crippen molar-refractivity contribution in [1.29, 1.82) is 0 Å². The topological polar surface area (TPSA) is 56.1 Å². The molecule has 1 heterocycles. The summed E-state index contributed by atoms with van der Waals surface area (Å²) in [5.74, 6) is -1.78. The van der Waals surface area contributed by atoms with Gasteiger partial charge in [-0.25, -0.2) is 13.5 Å². The Morgan fingerprint density at radius 3 is 2.76 bits per heavy atom. The molecule has 1 unspecified atom stereocenters. The molecule has 1 aliphatic rings. The molecular formula is C22H21F2N3O2. The minimum Gasteiger partial charge on any atom is -0.488 e. The van der Waals surface area contributed by atoms with Crippen LogP contribution in [0.2, 0.25) is 0 Å². The maximum atomic E-state index is 13.7. The highest BCUT2D eigenvalue weighted by Crippen LogP contribution is 2.27. The van der Waals surface area contributed by atoms with Gasteiger partial charge in [0, 0.05) is 17.3 Å². The van der Waals surface area contributed by atoms with E-state index < -0.39 is 11.6 Å². The number of halogens is 2. The van der Waals surface area contributed by atoms with Crippen molar-refractivity contribution in [3.63, 3.8) is 0 Å². The van der Waals surface area contributed by atoms with Gasteiger partial charge < -0.3 is 10.1 Å². The number of nitrogens with zero attached hydrogens (tertiary/aromatic N) is 2. The second-order valence-electron chi connectivity index (χ2n) is 7.14. The molecule has 3 aromatic rings. The van der Waals surface area contributed by atoms with Crippen LogP contribution in [-0.4, -0.2) is 28.3 Å². The molecule has 29 heavy (non-hydrogen) atoms.